The Morgan fingerprint density at radius 1 is 0.963 bits per heavy atom. The van der Waals surface area contributed by atoms with Crippen LogP contribution < -0.4 is 5.32 Å². The average molecular weight is 372 g/mol. The molecule has 0 aliphatic carbocycles. The largest absolute Gasteiger partial charge is 0.356 e. The number of para-hydroxylation sites is 2. The molecule has 1 aromatic heterocycles. The first-order valence-corrected chi connectivity index (χ1v) is 10.9. The Kier molecular flexibility index (Phi) is 9.96. The SMILES string of the molecule is CCCCCCCCCCCn1c(CCCNC(C)=O)nc2ccccc21. The van der Waals surface area contributed by atoms with Crippen molar-refractivity contribution in [1.29, 1.82) is 0 Å². The number of unbranched alkanes of at least 4 members (excludes halogenated alkanes) is 8. The summed E-state index contributed by atoms with van der Waals surface area (Å²) in [6.45, 7) is 5.61. The van der Waals surface area contributed by atoms with Gasteiger partial charge < -0.3 is 9.88 Å². The fourth-order valence-corrected chi connectivity index (χ4v) is 3.66. The number of nitrogens with zero attached hydrogens (tertiary/aromatic N) is 2. The number of nitrogens with one attached hydrogen (secondary N) is 1. The van der Waals surface area contributed by atoms with Crippen LogP contribution in [0, 0.1) is 0 Å². The molecule has 1 heterocycles. The van der Waals surface area contributed by atoms with Crippen LogP contribution in [-0.4, -0.2) is 22.0 Å². The molecule has 0 radical (unpaired) electrons. The Labute approximate surface area is 164 Å². The van der Waals surface area contributed by atoms with Gasteiger partial charge in [0.15, 0.2) is 0 Å². The molecule has 150 valence electrons. The zero-order valence-corrected chi connectivity index (χ0v) is 17.3. The van der Waals surface area contributed by atoms with E-state index in [9.17, 15) is 4.79 Å². The van der Waals surface area contributed by atoms with Crippen molar-refractivity contribution in [2.45, 2.75) is 91.0 Å². The van der Waals surface area contributed by atoms with E-state index in [4.69, 9.17) is 4.98 Å². The molecule has 0 fully saturated rings. The summed E-state index contributed by atoms with van der Waals surface area (Å²) in [5, 5.41) is 2.88. The molecule has 0 aliphatic rings. The highest BCUT2D eigenvalue weighted by Crippen LogP contribution is 2.19. The van der Waals surface area contributed by atoms with Gasteiger partial charge in [-0.2, -0.15) is 0 Å². The summed E-state index contributed by atoms with van der Waals surface area (Å²) in [4.78, 5) is 15.9. The van der Waals surface area contributed by atoms with Gasteiger partial charge in [0.05, 0.1) is 11.0 Å². The molecule has 27 heavy (non-hydrogen) atoms. The third-order valence-corrected chi connectivity index (χ3v) is 5.17. The number of benzene rings is 1. The quantitative estimate of drug-likeness (QED) is 0.437. The molecule has 0 spiro atoms. The highest BCUT2D eigenvalue weighted by molar-refractivity contribution is 5.76. The first kappa shape index (κ1) is 21.5. The predicted octanol–water partition coefficient (Wildman–Crippen LogP) is 5.64. The Bertz CT molecular complexity index is 677. The molecule has 1 N–H and O–H groups in total. The second kappa shape index (κ2) is 12.5. The Morgan fingerprint density at radius 3 is 2.33 bits per heavy atom. The van der Waals surface area contributed by atoms with E-state index in [-0.39, 0.29) is 5.91 Å². The van der Waals surface area contributed by atoms with Crippen LogP contribution in [0.25, 0.3) is 11.0 Å². The van der Waals surface area contributed by atoms with Gasteiger partial charge in [0.2, 0.25) is 5.91 Å². The average Bonchev–Trinajstić information content (AvgIpc) is 3.01. The van der Waals surface area contributed by atoms with E-state index >= 15 is 0 Å². The molecular weight excluding hydrogens is 334 g/mol. The summed E-state index contributed by atoms with van der Waals surface area (Å²) in [6, 6.07) is 8.42. The van der Waals surface area contributed by atoms with Gasteiger partial charge in [0.25, 0.3) is 0 Å². The Morgan fingerprint density at radius 2 is 1.63 bits per heavy atom. The van der Waals surface area contributed by atoms with Crippen molar-refractivity contribution in [3.63, 3.8) is 0 Å². The lowest BCUT2D eigenvalue weighted by atomic mass is 10.1. The van der Waals surface area contributed by atoms with Crippen LogP contribution in [-0.2, 0) is 17.8 Å². The number of aromatic nitrogens is 2. The van der Waals surface area contributed by atoms with Gasteiger partial charge in [-0.1, -0.05) is 70.4 Å². The van der Waals surface area contributed by atoms with Gasteiger partial charge >= 0.3 is 0 Å². The van der Waals surface area contributed by atoms with Crippen molar-refractivity contribution in [2.75, 3.05) is 6.54 Å². The Balaban J connectivity index is 1.79. The topological polar surface area (TPSA) is 46.9 Å². The third kappa shape index (κ3) is 7.74. The maximum atomic E-state index is 11.0. The van der Waals surface area contributed by atoms with E-state index in [1.807, 2.05) is 0 Å². The lowest BCUT2D eigenvalue weighted by molar-refractivity contribution is -0.118. The monoisotopic (exact) mass is 371 g/mol. The van der Waals surface area contributed by atoms with E-state index in [1.165, 1.54) is 63.3 Å². The molecule has 2 aromatic rings. The molecule has 0 saturated heterocycles. The van der Waals surface area contributed by atoms with Crippen LogP contribution in [0.5, 0.6) is 0 Å². The number of fused-ring (bicyclic) bond motifs is 1. The zero-order valence-electron chi connectivity index (χ0n) is 17.3. The number of carbonyl (C=O) groups is 1. The van der Waals surface area contributed by atoms with Crippen LogP contribution in [0.4, 0.5) is 0 Å². The number of amides is 1. The van der Waals surface area contributed by atoms with Gasteiger partial charge in [0, 0.05) is 26.4 Å². The standard InChI is InChI=1S/C23H37N3O/c1-3-4-5-6-7-8-9-10-13-19-26-22-16-12-11-15-21(22)25-23(26)17-14-18-24-20(2)27/h11-12,15-16H,3-10,13-14,17-19H2,1-2H3,(H,24,27). The molecule has 0 atom stereocenters. The third-order valence-electron chi connectivity index (χ3n) is 5.17. The summed E-state index contributed by atoms with van der Waals surface area (Å²) in [5.74, 6) is 1.19. The van der Waals surface area contributed by atoms with E-state index < -0.39 is 0 Å². The first-order valence-electron chi connectivity index (χ1n) is 10.9. The molecule has 0 unspecified atom stereocenters. The molecule has 4 nitrogen and oxygen atoms in total. The van der Waals surface area contributed by atoms with E-state index in [2.05, 4.69) is 41.1 Å². The molecule has 1 amide bonds. The second-order valence-corrected chi connectivity index (χ2v) is 7.58. The Hall–Kier alpha value is -1.84. The molecular formula is C23H37N3O. The minimum Gasteiger partial charge on any atom is -0.356 e. The number of hydrogen-bond donors (Lipinski definition) is 1. The predicted molar refractivity (Wildman–Crippen MR) is 114 cm³/mol. The minimum absolute atomic E-state index is 0.0400. The fraction of sp³-hybridized carbons (Fsp3) is 0.652. The summed E-state index contributed by atoms with van der Waals surface area (Å²) >= 11 is 0. The number of hydrogen-bond acceptors (Lipinski definition) is 2. The fourth-order valence-electron chi connectivity index (χ4n) is 3.66. The van der Waals surface area contributed by atoms with Crippen molar-refractivity contribution in [3.8, 4) is 0 Å². The van der Waals surface area contributed by atoms with Gasteiger partial charge in [-0.3, -0.25) is 4.79 Å². The lowest BCUT2D eigenvalue weighted by Crippen LogP contribution is -2.21. The van der Waals surface area contributed by atoms with Gasteiger partial charge in [-0.05, 0) is 25.0 Å². The summed E-state index contributed by atoms with van der Waals surface area (Å²) in [7, 11) is 0. The van der Waals surface area contributed by atoms with Crippen LogP contribution in [0.3, 0.4) is 0 Å². The van der Waals surface area contributed by atoms with Gasteiger partial charge in [-0.25, -0.2) is 4.98 Å². The summed E-state index contributed by atoms with van der Waals surface area (Å²) in [5.41, 5.74) is 2.33. The van der Waals surface area contributed by atoms with Crippen molar-refractivity contribution < 1.29 is 4.79 Å². The maximum Gasteiger partial charge on any atom is 0.216 e. The first-order chi connectivity index (χ1) is 13.2. The number of rotatable bonds is 14. The summed E-state index contributed by atoms with van der Waals surface area (Å²) in [6.07, 6.45) is 14.0. The normalized spacial score (nSPS) is 11.2. The number of imidazole rings is 1. The van der Waals surface area contributed by atoms with Crippen LogP contribution in [0.2, 0.25) is 0 Å². The van der Waals surface area contributed by atoms with Crippen LogP contribution >= 0.6 is 0 Å². The highest BCUT2D eigenvalue weighted by Gasteiger charge is 2.10. The van der Waals surface area contributed by atoms with Crippen LogP contribution in [0.15, 0.2) is 24.3 Å². The smallest absolute Gasteiger partial charge is 0.216 e. The van der Waals surface area contributed by atoms with E-state index in [1.54, 1.807) is 6.92 Å². The van der Waals surface area contributed by atoms with Gasteiger partial charge in [-0.15, -0.1) is 0 Å². The van der Waals surface area contributed by atoms with Crippen molar-refractivity contribution in [2.24, 2.45) is 0 Å². The molecule has 2 rings (SSSR count). The molecule has 4 heteroatoms. The van der Waals surface area contributed by atoms with Gasteiger partial charge in [0.1, 0.15) is 5.82 Å². The molecule has 0 bridgehead atoms. The maximum absolute atomic E-state index is 11.0. The molecule has 0 saturated carbocycles. The van der Waals surface area contributed by atoms with Crippen molar-refractivity contribution in [3.05, 3.63) is 30.1 Å². The number of carbonyl (C=O) groups excluding carboxylic acids is 1. The highest BCUT2D eigenvalue weighted by atomic mass is 16.1. The number of aryl methyl sites for hydroxylation is 2. The minimum atomic E-state index is 0.0400. The van der Waals surface area contributed by atoms with E-state index in [0.29, 0.717) is 0 Å². The summed E-state index contributed by atoms with van der Waals surface area (Å²) < 4.78 is 2.39. The second-order valence-electron chi connectivity index (χ2n) is 7.58. The molecule has 0 aliphatic heterocycles. The van der Waals surface area contributed by atoms with E-state index in [0.717, 1.165) is 37.3 Å². The van der Waals surface area contributed by atoms with Crippen molar-refractivity contribution in [1.82, 2.24) is 14.9 Å². The molecule has 1 aromatic carbocycles. The van der Waals surface area contributed by atoms with Crippen LogP contribution in [0.1, 0.15) is 83.9 Å². The lowest BCUT2D eigenvalue weighted by Gasteiger charge is -2.10. The zero-order chi connectivity index (χ0) is 19.3. The van der Waals surface area contributed by atoms with Crippen molar-refractivity contribution >= 4 is 16.9 Å².